The summed E-state index contributed by atoms with van der Waals surface area (Å²) in [6, 6.07) is 18.8. The van der Waals surface area contributed by atoms with Gasteiger partial charge in [0.25, 0.3) is 0 Å². The van der Waals surface area contributed by atoms with Crippen LogP contribution in [0.4, 0.5) is 15.5 Å². The molecule has 1 amide bonds. The van der Waals surface area contributed by atoms with Crippen molar-refractivity contribution in [2.24, 2.45) is 0 Å². The number of thiophene rings is 1. The third kappa shape index (κ3) is 4.08. The summed E-state index contributed by atoms with van der Waals surface area (Å²) >= 11 is 1.25. The predicted octanol–water partition coefficient (Wildman–Crippen LogP) is 5.89. The van der Waals surface area contributed by atoms with Crippen molar-refractivity contribution in [2.75, 3.05) is 11.5 Å². The lowest BCUT2D eigenvalue weighted by atomic mass is 9.91. The summed E-state index contributed by atoms with van der Waals surface area (Å²) < 4.78 is 11.1. The zero-order chi connectivity index (χ0) is 23.5. The van der Waals surface area contributed by atoms with E-state index in [0.717, 1.165) is 34.4 Å². The van der Waals surface area contributed by atoms with Crippen LogP contribution in [0, 0.1) is 0 Å². The molecule has 4 aromatic rings. The van der Waals surface area contributed by atoms with Crippen LogP contribution in [0.3, 0.4) is 0 Å². The fraction of sp³-hybridized carbons (Fsp3) is 0.192. The highest BCUT2D eigenvalue weighted by molar-refractivity contribution is 7.19. The van der Waals surface area contributed by atoms with Gasteiger partial charge in [-0.05, 0) is 48.6 Å². The Bertz CT molecular complexity index is 1310. The maximum atomic E-state index is 13.5. The number of nitrogens with one attached hydrogen (secondary N) is 1. The second-order valence-corrected chi connectivity index (χ2v) is 8.79. The molecule has 2 aromatic heterocycles. The van der Waals surface area contributed by atoms with Crippen LogP contribution in [0.25, 0.3) is 11.3 Å². The Morgan fingerprint density at radius 2 is 1.76 bits per heavy atom. The molecule has 0 aliphatic heterocycles. The highest BCUT2D eigenvalue weighted by Gasteiger charge is 2.35. The van der Waals surface area contributed by atoms with E-state index in [9.17, 15) is 9.59 Å². The van der Waals surface area contributed by atoms with Crippen molar-refractivity contribution < 1.29 is 19.1 Å². The number of fused-ring (bicyclic) bond motifs is 3. The average molecular weight is 474 g/mol. The number of para-hydroxylation sites is 1. The molecule has 0 spiro atoms. The monoisotopic (exact) mass is 473 g/mol. The quantitative estimate of drug-likeness (QED) is 0.353. The van der Waals surface area contributed by atoms with Gasteiger partial charge >= 0.3 is 12.1 Å². The van der Waals surface area contributed by atoms with Gasteiger partial charge in [0.05, 0.1) is 24.2 Å². The molecule has 0 radical (unpaired) electrons. The van der Waals surface area contributed by atoms with Gasteiger partial charge in [-0.15, -0.1) is 11.3 Å². The standard InChI is InChI=1S/C26H23N3O4S/c1-2-32-25(30)23-20-14-13-18-15-27-28-22(18)21(20)24(34-23)29(19-11-7-4-8-12-19)26(31)33-16-17-9-5-3-6-10-17/h3-12,15H,2,13-14,16H2,1H3,(H,27,28). The van der Waals surface area contributed by atoms with E-state index >= 15 is 0 Å². The molecule has 1 aliphatic rings. The van der Waals surface area contributed by atoms with E-state index in [2.05, 4.69) is 10.2 Å². The van der Waals surface area contributed by atoms with E-state index in [-0.39, 0.29) is 19.2 Å². The molecule has 2 heterocycles. The molecular formula is C26H23N3O4S. The SMILES string of the molecule is CCOC(=O)c1sc(N(C(=O)OCc2ccccc2)c2ccccc2)c2c1CCc1cn[nH]c1-2. The number of esters is 1. The first-order chi connectivity index (χ1) is 16.7. The minimum absolute atomic E-state index is 0.136. The number of hydrogen-bond acceptors (Lipinski definition) is 6. The van der Waals surface area contributed by atoms with Gasteiger partial charge in [0.15, 0.2) is 0 Å². The number of rotatable bonds is 6. The molecule has 8 heteroatoms. The first kappa shape index (κ1) is 21.9. The number of aromatic amines is 1. The van der Waals surface area contributed by atoms with Crippen LogP contribution < -0.4 is 4.90 Å². The van der Waals surface area contributed by atoms with Gasteiger partial charge in [0.1, 0.15) is 16.5 Å². The van der Waals surface area contributed by atoms with Crippen LogP contribution in [-0.2, 0) is 28.9 Å². The number of benzene rings is 2. The van der Waals surface area contributed by atoms with Gasteiger partial charge in [-0.25, -0.2) is 14.5 Å². The number of carbonyl (C=O) groups is 2. The molecule has 172 valence electrons. The summed E-state index contributed by atoms with van der Waals surface area (Å²) in [4.78, 5) is 28.4. The van der Waals surface area contributed by atoms with Crippen LogP contribution in [0.1, 0.15) is 33.3 Å². The molecule has 0 fully saturated rings. The number of hydrogen-bond donors (Lipinski definition) is 1. The van der Waals surface area contributed by atoms with Gasteiger partial charge in [0.2, 0.25) is 0 Å². The van der Waals surface area contributed by atoms with Crippen molar-refractivity contribution in [1.29, 1.82) is 0 Å². The lowest BCUT2D eigenvalue weighted by molar-refractivity contribution is 0.0531. The Hall–Kier alpha value is -3.91. The molecular weight excluding hydrogens is 450 g/mol. The van der Waals surface area contributed by atoms with Gasteiger partial charge in [0, 0.05) is 5.56 Å². The molecule has 0 atom stereocenters. The third-order valence-corrected chi connectivity index (χ3v) is 6.86. The summed E-state index contributed by atoms with van der Waals surface area (Å²) in [6.07, 6.45) is 2.69. The maximum absolute atomic E-state index is 13.5. The van der Waals surface area contributed by atoms with Crippen LogP contribution in [0.15, 0.2) is 66.9 Å². The van der Waals surface area contributed by atoms with E-state index in [1.54, 1.807) is 13.1 Å². The Morgan fingerprint density at radius 3 is 2.50 bits per heavy atom. The second-order valence-electron chi connectivity index (χ2n) is 7.79. The molecule has 0 bridgehead atoms. The Morgan fingerprint density at radius 1 is 1.03 bits per heavy atom. The summed E-state index contributed by atoms with van der Waals surface area (Å²) in [5.74, 6) is -0.386. The summed E-state index contributed by atoms with van der Waals surface area (Å²) in [6.45, 7) is 2.19. The Labute approximate surface area is 200 Å². The van der Waals surface area contributed by atoms with Gasteiger partial charge in [-0.1, -0.05) is 48.5 Å². The van der Waals surface area contributed by atoms with Crippen molar-refractivity contribution in [1.82, 2.24) is 10.2 Å². The van der Waals surface area contributed by atoms with Crippen LogP contribution >= 0.6 is 11.3 Å². The topological polar surface area (TPSA) is 84.5 Å². The van der Waals surface area contributed by atoms with Crippen LogP contribution in [-0.4, -0.2) is 28.9 Å². The highest BCUT2D eigenvalue weighted by atomic mass is 32.1. The van der Waals surface area contributed by atoms with Gasteiger partial charge in [-0.3, -0.25) is 5.10 Å². The molecule has 1 N–H and O–H groups in total. The van der Waals surface area contributed by atoms with Crippen molar-refractivity contribution in [3.05, 3.63) is 88.4 Å². The first-order valence-electron chi connectivity index (χ1n) is 11.1. The zero-order valence-electron chi connectivity index (χ0n) is 18.6. The van der Waals surface area contributed by atoms with Gasteiger partial charge in [-0.2, -0.15) is 5.10 Å². The number of aromatic nitrogens is 2. The molecule has 1 aliphatic carbocycles. The van der Waals surface area contributed by atoms with Gasteiger partial charge < -0.3 is 9.47 Å². The fourth-order valence-corrected chi connectivity index (χ4v) is 5.37. The number of anilines is 2. The number of carbonyl (C=O) groups excluding carboxylic acids is 2. The van der Waals surface area contributed by atoms with E-state index in [1.165, 1.54) is 16.2 Å². The van der Waals surface area contributed by atoms with Crippen LogP contribution in [0.5, 0.6) is 0 Å². The molecule has 0 saturated carbocycles. The average Bonchev–Trinajstić information content (AvgIpc) is 3.49. The van der Waals surface area contributed by atoms with E-state index in [1.807, 2.05) is 60.7 Å². The molecule has 2 aromatic carbocycles. The largest absolute Gasteiger partial charge is 0.462 e. The molecule has 0 saturated heterocycles. The number of nitrogens with zero attached hydrogens (tertiary/aromatic N) is 2. The Kier molecular flexibility index (Phi) is 6.14. The minimum Gasteiger partial charge on any atom is -0.462 e. The van der Waals surface area contributed by atoms with E-state index in [4.69, 9.17) is 9.47 Å². The zero-order valence-corrected chi connectivity index (χ0v) is 19.4. The molecule has 34 heavy (non-hydrogen) atoms. The number of ether oxygens (including phenoxy) is 2. The van der Waals surface area contributed by atoms with Crippen molar-refractivity contribution in [3.63, 3.8) is 0 Å². The minimum atomic E-state index is -0.527. The normalized spacial score (nSPS) is 11.9. The van der Waals surface area contributed by atoms with E-state index < -0.39 is 6.09 Å². The molecule has 0 unspecified atom stereocenters. The summed E-state index contributed by atoms with van der Waals surface area (Å²) in [5.41, 5.74) is 5.07. The fourth-order valence-electron chi connectivity index (χ4n) is 4.11. The van der Waals surface area contributed by atoms with Crippen molar-refractivity contribution in [3.8, 4) is 11.3 Å². The lowest BCUT2D eigenvalue weighted by Gasteiger charge is -2.23. The smallest absolute Gasteiger partial charge is 0.419 e. The third-order valence-electron chi connectivity index (χ3n) is 5.67. The number of amides is 1. The summed E-state index contributed by atoms with van der Waals surface area (Å²) in [5, 5.41) is 7.89. The highest BCUT2D eigenvalue weighted by Crippen LogP contribution is 2.49. The number of H-pyrrole nitrogens is 1. The predicted molar refractivity (Wildman–Crippen MR) is 130 cm³/mol. The van der Waals surface area contributed by atoms with Crippen LogP contribution in [0.2, 0.25) is 0 Å². The maximum Gasteiger partial charge on any atom is 0.419 e. The molecule has 5 rings (SSSR count). The van der Waals surface area contributed by atoms with Crippen molar-refractivity contribution >= 4 is 34.1 Å². The number of aryl methyl sites for hydroxylation is 1. The second kappa shape index (κ2) is 9.52. The molecule has 7 nitrogen and oxygen atoms in total. The van der Waals surface area contributed by atoms with Crippen molar-refractivity contribution in [2.45, 2.75) is 26.4 Å². The Balaban J connectivity index is 1.61. The summed E-state index contributed by atoms with van der Waals surface area (Å²) in [7, 11) is 0. The first-order valence-corrected chi connectivity index (χ1v) is 11.9. The van der Waals surface area contributed by atoms with E-state index in [0.29, 0.717) is 22.0 Å². The lowest BCUT2D eigenvalue weighted by Crippen LogP contribution is -2.26.